The van der Waals surface area contributed by atoms with Crippen molar-refractivity contribution in [3.8, 4) is 5.75 Å². The summed E-state index contributed by atoms with van der Waals surface area (Å²) in [4.78, 5) is 13.7. The van der Waals surface area contributed by atoms with Gasteiger partial charge in [0.2, 0.25) is 0 Å². The van der Waals surface area contributed by atoms with E-state index >= 15 is 0 Å². The number of nitrogens with zero attached hydrogens (tertiary/aromatic N) is 3. The van der Waals surface area contributed by atoms with Crippen molar-refractivity contribution in [3.05, 3.63) is 24.3 Å². The van der Waals surface area contributed by atoms with Crippen molar-refractivity contribution in [2.24, 2.45) is 5.92 Å². The molecule has 2 rings (SSSR count). The molecule has 1 atom stereocenters. The van der Waals surface area contributed by atoms with Crippen LogP contribution in [0.15, 0.2) is 24.3 Å². The molecule has 0 spiro atoms. The Morgan fingerprint density at radius 1 is 1.30 bits per heavy atom. The van der Waals surface area contributed by atoms with E-state index in [0.29, 0.717) is 17.9 Å². The fourth-order valence-corrected chi connectivity index (χ4v) is 3.48. The molecule has 1 aromatic rings. The van der Waals surface area contributed by atoms with E-state index in [9.17, 15) is 9.28 Å². The number of hydrogen-bond donors (Lipinski definition) is 0. The highest BCUT2D eigenvalue weighted by atomic mass is 35.5. The molecule has 1 fully saturated rings. The molecule has 0 saturated carbocycles. The zero-order valence-corrected chi connectivity index (χ0v) is 15.3. The minimum absolute atomic E-state index is 0.0553. The minimum atomic E-state index is -0.883. The van der Waals surface area contributed by atoms with Crippen molar-refractivity contribution in [3.63, 3.8) is 0 Å². The molecule has 0 aromatic heterocycles. The third-order valence-corrected chi connectivity index (χ3v) is 4.55. The van der Waals surface area contributed by atoms with Gasteiger partial charge in [-0.05, 0) is 48.6 Å². The second-order valence-electron chi connectivity index (χ2n) is 5.39. The number of methoxy groups -OCH3 is 1. The number of urea groups is 1. The van der Waals surface area contributed by atoms with Crippen LogP contribution in [-0.4, -0.2) is 33.1 Å². The number of amides is 2. The average Bonchev–Trinajstić information content (AvgIpc) is 2.71. The predicted octanol–water partition coefficient (Wildman–Crippen LogP) is 4.82. The molecule has 0 bridgehead atoms. The molecule has 1 saturated heterocycles. The molecule has 0 aliphatic carbocycles. The summed E-state index contributed by atoms with van der Waals surface area (Å²) in [5, 5.41) is 0.0553. The highest BCUT2D eigenvalue weighted by Gasteiger charge is 2.47. The summed E-state index contributed by atoms with van der Waals surface area (Å²) in [6.45, 7) is 4.00. The maximum atomic E-state index is 14.3. The van der Waals surface area contributed by atoms with E-state index in [2.05, 4.69) is 0 Å². The maximum absolute atomic E-state index is 14.3. The van der Waals surface area contributed by atoms with Gasteiger partial charge in [0.15, 0.2) is 4.17 Å². The highest BCUT2D eigenvalue weighted by Crippen LogP contribution is 2.39. The van der Waals surface area contributed by atoms with Crippen LogP contribution < -0.4 is 9.64 Å². The molecule has 1 aliphatic rings. The smallest absolute Gasteiger partial charge is 0.370 e. The van der Waals surface area contributed by atoms with E-state index < -0.39 is 16.4 Å². The topological polar surface area (TPSA) is 36.0 Å². The molecule has 2 amide bonds. The summed E-state index contributed by atoms with van der Waals surface area (Å²) in [6.07, 6.45) is 0.0389. The zero-order chi connectivity index (χ0) is 17.1. The van der Waals surface area contributed by atoms with Gasteiger partial charge in [0.05, 0.1) is 7.11 Å². The number of ether oxygens (including phenoxy) is 1. The molecule has 1 heterocycles. The lowest BCUT2D eigenvalue weighted by Gasteiger charge is -2.28. The van der Waals surface area contributed by atoms with Crippen molar-refractivity contribution in [1.82, 2.24) is 9.65 Å². The molecule has 1 unspecified atom stereocenters. The Balaban J connectivity index is 2.34. The summed E-state index contributed by atoms with van der Waals surface area (Å²) in [5.41, 5.74) is 0.577. The van der Waals surface area contributed by atoms with E-state index in [4.69, 9.17) is 27.9 Å². The van der Waals surface area contributed by atoms with E-state index in [1.54, 1.807) is 31.4 Å². The van der Waals surface area contributed by atoms with Crippen LogP contribution in [0.5, 0.6) is 5.75 Å². The standard InChI is InChI=1S/C14H18Cl2FN3O2S/c1-9(2)8-12-18(10-4-6-11(22-3)7-5-10)14(21)19(17)20(12)23-13(15)16/h4-7,9,12-13H,8H2,1-3H3. The lowest BCUT2D eigenvalue weighted by atomic mass is 10.1. The number of anilines is 1. The van der Waals surface area contributed by atoms with Crippen molar-refractivity contribution in [2.75, 3.05) is 12.0 Å². The highest BCUT2D eigenvalue weighted by molar-refractivity contribution is 8.00. The summed E-state index contributed by atoms with van der Waals surface area (Å²) < 4.78 is 19.7. The van der Waals surface area contributed by atoms with Gasteiger partial charge < -0.3 is 4.74 Å². The van der Waals surface area contributed by atoms with Gasteiger partial charge >= 0.3 is 6.03 Å². The third kappa shape index (κ3) is 4.15. The van der Waals surface area contributed by atoms with Crippen molar-refractivity contribution in [1.29, 1.82) is 0 Å². The quantitative estimate of drug-likeness (QED) is 0.402. The Bertz CT molecular complexity index is 547. The molecule has 0 radical (unpaired) electrons. The van der Waals surface area contributed by atoms with Crippen LogP contribution in [-0.2, 0) is 0 Å². The molecule has 128 valence electrons. The number of halogens is 3. The first kappa shape index (κ1) is 18.4. The van der Waals surface area contributed by atoms with Gasteiger partial charge in [0.1, 0.15) is 11.9 Å². The van der Waals surface area contributed by atoms with E-state index in [-0.39, 0.29) is 11.1 Å². The summed E-state index contributed by atoms with van der Waals surface area (Å²) in [6, 6.07) is 6.09. The van der Waals surface area contributed by atoms with Crippen LogP contribution in [0.1, 0.15) is 20.3 Å². The monoisotopic (exact) mass is 381 g/mol. The maximum Gasteiger partial charge on any atom is 0.370 e. The number of alkyl halides is 2. The Morgan fingerprint density at radius 3 is 2.39 bits per heavy atom. The molecular formula is C14H18Cl2FN3O2S. The fraction of sp³-hybridized carbons (Fsp3) is 0.500. The summed E-state index contributed by atoms with van der Waals surface area (Å²) >= 11 is 12.4. The average molecular weight is 382 g/mol. The first-order chi connectivity index (χ1) is 10.8. The Labute approximate surface area is 149 Å². The van der Waals surface area contributed by atoms with E-state index in [0.717, 1.165) is 11.9 Å². The van der Waals surface area contributed by atoms with E-state index in [1.807, 2.05) is 13.8 Å². The SMILES string of the molecule is COc1ccc(N2C(=O)N(F)N(SC(Cl)Cl)C2CC(C)C)cc1. The van der Waals surface area contributed by atoms with Crippen LogP contribution in [0.2, 0.25) is 0 Å². The third-order valence-electron chi connectivity index (χ3n) is 3.31. The van der Waals surface area contributed by atoms with Gasteiger partial charge in [-0.15, -0.1) is 4.41 Å². The van der Waals surface area contributed by atoms with Gasteiger partial charge in [-0.2, -0.15) is 0 Å². The minimum Gasteiger partial charge on any atom is -0.497 e. The molecular weight excluding hydrogens is 364 g/mol. The molecule has 1 aromatic carbocycles. The second kappa shape index (κ2) is 7.79. The van der Waals surface area contributed by atoms with Crippen LogP contribution in [0.3, 0.4) is 0 Å². The largest absolute Gasteiger partial charge is 0.497 e. The second-order valence-corrected chi connectivity index (χ2v) is 8.06. The Morgan fingerprint density at radius 2 is 1.91 bits per heavy atom. The Kier molecular flexibility index (Phi) is 6.25. The number of carbonyl (C=O) groups excluding carboxylic acids is 1. The summed E-state index contributed by atoms with van der Waals surface area (Å²) in [5.74, 6) is 0.901. The Hall–Kier alpha value is -0.890. The van der Waals surface area contributed by atoms with Gasteiger partial charge in [-0.1, -0.05) is 46.8 Å². The van der Waals surface area contributed by atoms with Crippen molar-refractivity contribution >= 4 is 46.9 Å². The van der Waals surface area contributed by atoms with Crippen molar-refractivity contribution < 1.29 is 14.0 Å². The molecule has 0 N–H and O–H groups in total. The number of hydrogen-bond acceptors (Lipinski definition) is 4. The number of rotatable bonds is 6. The predicted molar refractivity (Wildman–Crippen MR) is 92.0 cm³/mol. The van der Waals surface area contributed by atoms with Crippen LogP contribution in [0.25, 0.3) is 0 Å². The van der Waals surface area contributed by atoms with Crippen molar-refractivity contribution in [2.45, 2.75) is 30.6 Å². The summed E-state index contributed by atoms with van der Waals surface area (Å²) in [7, 11) is 1.56. The first-order valence-electron chi connectivity index (χ1n) is 7.02. The number of carbonyl (C=O) groups is 1. The van der Waals surface area contributed by atoms with Crippen LogP contribution in [0.4, 0.5) is 15.0 Å². The van der Waals surface area contributed by atoms with Crippen LogP contribution >= 0.6 is 35.1 Å². The van der Waals surface area contributed by atoms with Gasteiger partial charge in [-0.25, -0.2) is 4.79 Å². The lowest BCUT2D eigenvalue weighted by Crippen LogP contribution is -2.38. The molecule has 23 heavy (non-hydrogen) atoms. The molecule has 1 aliphatic heterocycles. The lowest BCUT2D eigenvalue weighted by molar-refractivity contribution is -0.0479. The number of benzene rings is 1. The van der Waals surface area contributed by atoms with Gasteiger partial charge in [0, 0.05) is 5.69 Å². The van der Waals surface area contributed by atoms with Crippen LogP contribution in [0, 0.1) is 5.92 Å². The number of hydrazine groups is 1. The zero-order valence-electron chi connectivity index (χ0n) is 12.9. The molecule has 5 nitrogen and oxygen atoms in total. The first-order valence-corrected chi connectivity index (χ1v) is 8.73. The van der Waals surface area contributed by atoms with Gasteiger partial charge in [-0.3, -0.25) is 4.90 Å². The molecule has 9 heteroatoms. The van der Waals surface area contributed by atoms with E-state index in [1.165, 1.54) is 9.31 Å². The normalized spacial score (nSPS) is 19.3. The van der Waals surface area contributed by atoms with Gasteiger partial charge in [0.25, 0.3) is 0 Å². The fourth-order valence-electron chi connectivity index (χ4n) is 2.35.